The fraction of sp³-hybridized carbons (Fsp3) is 0.750. The van der Waals surface area contributed by atoms with Gasteiger partial charge in [-0.15, -0.1) is 11.3 Å². The van der Waals surface area contributed by atoms with Crippen LogP contribution < -0.4 is 4.90 Å². The number of carbonyl (C=O) groups excluding carboxylic acids is 1. The number of likely N-dealkylation sites (tertiary alicyclic amines) is 1. The molecule has 1 aromatic heterocycles. The van der Waals surface area contributed by atoms with E-state index in [0.29, 0.717) is 11.5 Å². The number of thiazole rings is 1. The van der Waals surface area contributed by atoms with Crippen LogP contribution in [0.25, 0.3) is 0 Å². The number of ether oxygens (including phenoxy) is 1. The molecule has 3 heterocycles. The number of hydrogen-bond acceptors (Lipinski definition) is 5. The average Bonchev–Trinajstić information content (AvgIpc) is 2.89. The molecule has 120 valence electrons. The van der Waals surface area contributed by atoms with E-state index >= 15 is 0 Å². The molecule has 4 rings (SSSR count). The van der Waals surface area contributed by atoms with Crippen LogP contribution in [0.4, 0.5) is 5.13 Å². The van der Waals surface area contributed by atoms with Crippen molar-refractivity contribution in [3.63, 3.8) is 0 Å². The Hall–Kier alpha value is -0.980. The molecule has 3 aliphatic rings. The smallest absolute Gasteiger partial charge is 0.225 e. The summed E-state index contributed by atoms with van der Waals surface area (Å²) < 4.78 is 5.59. The van der Waals surface area contributed by atoms with Crippen LogP contribution in [0.5, 0.6) is 0 Å². The molecule has 1 amide bonds. The molecule has 0 N–H and O–H groups in total. The lowest BCUT2D eigenvalue weighted by atomic mass is 9.87. The highest BCUT2D eigenvalue weighted by Crippen LogP contribution is 2.39. The number of hydrogen-bond donors (Lipinski definition) is 0. The minimum Gasteiger partial charge on any atom is -0.381 e. The van der Waals surface area contributed by atoms with Crippen molar-refractivity contribution in [1.29, 1.82) is 0 Å². The molecule has 0 bridgehead atoms. The summed E-state index contributed by atoms with van der Waals surface area (Å²) in [6.07, 6.45) is 4.67. The standard InChI is InChI=1S/C16H23N3O2S/c1-12(20)19(14-2-3-14)15-17-13(9-22-15)8-18-6-4-16(10-18)5-7-21-11-16/h9,14H,2-8,10-11H2,1H3. The van der Waals surface area contributed by atoms with Crippen molar-refractivity contribution in [2.24, 2.45) is 5.41 Å². The number of anilines is 1. The van der Waals surface area contributed by atoms with Gasteiger partial charge in [0.1, 0.15) is 0 Å². The first-order valence-corrected chi connectivity index (χ1v) is 9.08. The average molecular weight is 321 g/mol. The summed E-state index contributed by atoms with van der Waals surface area (Å²) >= 11 is 1.60. The Balaban J connectivity index is 1.41. The van der Waals surface area contributed by atoms with Crippen molar-refractivity contribution in [2.45, 2.75) is 45.2 Å². The van der Waals surface area contributed by atoms with Gasteiger partial charge in [0.05, 0.1) is 12.3 Å². The second-order valence-electron chi connectivity index (χ2n) is 7.00. The maximum atomic E-state index is 11.8. The molecule has 1 unspecified atom stereocenters. The highest BCUT2D eigenvalue weighted by Gasteiger charge is 2.41. The van der Waals surface area contributed by atoms with E-state index in [9.17, 15) is 4.79 Å². The van der Waals surface area contributed by atoms with E-state index in [2.05, 4.69) is 10.3 Å². The molecule has 1 aromatic rings. The Morgan fingerprint density at radius 1 is 1.55 bits per heavy atom. The zero-order valence-corrected chi connectivity index (χ0v) is 13.9. The third-order valence-corrected chi connectivity index (χ3v) is 5.97. The first kappa shape index (κ1) is 14.6. The quantitative estimate of drug-likeness (QED) is 0.853. The second kappa shape index (κ2) is 5.58. The summed E-state index contributed by atoms with van der Waals surface area (Å²) in [5.74, 6) is 0.117. The lowest BCUT2D eigenvalue weighted by Gasteiger charge is -2.21. The third-order valence-electron chi connectivity index (χ3n) is 5.08. The Kier molecular flexibility index (Phi) is 3.71. The monoisotopic (exact) mass is 321 g/mol. The van der Waals surface area contributed by atoms with Gasteiger partial charge in [-0.3, -0.25) is 14.6 Å². The zero-order valence-electron chi connectivity index (χ0n) is 13.1. The molecule has 5 nitrogen and oxygen atoms in total. The highest BCUT2D eigenvalue weighted by atomic mass is 32.1. The SMILES string of the molecule is CC(=O)N(c1nc(CN2CCC3(CCOC3)C2)cs1)C1CC1. The predicted octanol–water partition coefficient (Wildman–Crippen LogP) is 2.27. The number of aromatic nitrogens is 1. The molecule has 1 spiro atoms. The molecule has 6 heteroatoms. The second-order valence-corrected chi connectivity index (χ2v) is 7.84. The van der Waals surface area contributed by atoms with Crippen molar-refractivity contribution < 1.29 is 9.53 Å². The number of carbonyl (C=O) groups is 1. The molecule has 0 radical (unpaired) electrons. The molecule has 1 aliphatic carbocycles. The van der Waals surface area contributed by atoms with Gasteiger partial charge in [0.2, 0.25) is 5.91 Å². The van der Waals surface area contributed by atoms with Crippen LogP contribution in [0.15, 0.2) is 5.38 Å². The molecular weight excluding hydrogens is 298 g/mol. The van der Waals surface area contributed by atoms with Gasteiger partial charge in [-0.2, -0.15) is 0 Å². The minimum absolute atomic E-state index is 0.117. The Bertz CT molecular complexity index is 563. The molecule has 1 saturated carbocycles. The highest BCUT2D eigenvalue weighted by molar-refractivity contribution is 7.14. The maximum Gasteiger partial charge on any atom is 0.225 e. The maximum absolute atomic E-state index is 11.8. The Labute approximate surface area is 135 Å². The van der Waals surface area contributed by atoms with Crippen LogP contribution in [0.2, 0.25) is 0 Å². The van der Waals surface area contributed by atoms with Gasteiger partial charge in [-0.25, -0.2) is 4.98 Å². The number of amides is 1. The van der Waals surface area contributed by atoms with Crippen molar-refractivity contribution in [1.82, 2.24) is 9.88 Å². The largest absolute Gasteiger partial charge is 0.381 e. The predicted molar refractivity (Wildman–Crippen MR) is 86.1 cm³/mol. The lowest BCUT2D eigenvalue weighted by Crippen LogP contribution is -2.30. The van der Waals surface area contributed by atoms with E-state index in [1.165, 1.54) is 12.8 Å². The van der Waals surface area contributed by atoms with Crippen molar-refractivity contribution in [2.75, 3.05) is 31.2 Å². The molecule has 3 fully saturated rings. The van der Waals surface area contributed by atoms with Gasteiger partial charge in [0.15, 0.2) is 5.13 Å². The van der Waals surface area contributed by atoms with Gasteiger partial charge >= 0.3 is 0 Å². The van der Waals surface area contributed by atoms with Crippen LogP contribution in [0.1, 0.15) is 38.3 Å². The zero-order chi connectivity index (χ0) is 15.2. The normalized spacial score (nSPS) is 28.6. The summed E-state index contributed by atoms with van der Waals surface area (Å²) in [6, 6.07) is 0.391. The summed E-state index contributed by atoms with van der Waals surface area (Å²) in [5, 5.41) is 2.99. The van der Waals surface area contributed by atoms with Gasteiger partial charge in [0, 0.05) is 43.5 Å². The van der Waals surface area contributed by atoms with Crippen LogP contribution in [0, 0.1) is 5.41 Å². The molecule has 2 saturated heterocycles. The van der Waals surface area contributed by atoms with Gasteiger partial charge in [0.25, 0.3) is 0 Å². The van der Waals surface area contributed by atoms with Crippen LogP contribution in [-0.2, 0) is 16.1 Å². The molecular formula is C16H23N3O2S. The summed E-state index contributed by atoms with van der Waals surface area (Å²) in [4.78, 5) is 20.9. The molecule has 0 aromatic carbocycles. The minimum atomic E-state index is 0.117. The molecule has 1 atom stereocenters. The van der Waals surface area contributed by atoms with E-state index in [0.717, 1.165) is 56.5 Å². The third kappa shape index (κ3) is 2.79. The summed E-state index contributed by atoms with van der Waals surface area (Å²) in [5.41, 5.74) is 1.50. The van der Waals surface area contributed by atoms with E-state index in [1.807, 2.05) is 4.90 Å². The Morgan fingerprint density at radius 3 is 3.09 bits per heavy atom. The Morgan fingerprint density at radius 2 is 2.41 bits per heavy atom. The lowest BCUT2D eigenvalue weighted by molar-refractivity contribution is -0.116. The van der Waals surface area contributed by atoms with E-state index in [4.69, 9.17) is 9.72 Å². The van der Waals surface area contributed by atoms with Gasteiger partial charge in [-0.05, 0) is 32.2 Å². The van der Waals surface area contributed by atoms with Crippen LogP contribution in [0.3, 0.4) is 0 Å². The van der Waals surface area contributed by atoms with E-state index in [1.54, 1.807) is 18.3 Å². The van der Waals surface area contributed by atoms with E-state index in [-0.39, 0.29) is 5.91 Å². The number of nitrogens with zero attached hydrogens (tertiary/aromatic N) is 3. The fourth-order valence-corrected chi connectivity index (χ4v) is 4.65. The van der Waals surface area contributed by atoms with Crippen molar-refractivity contribution >= 4 is 22.4 Å². The van der Waals surface area contributed by atoms with Gasteiger partial charge in [-0.1, -0.05) is 0 Å². The van der Waals surface area contributed by atoms with Crippen molar-refractivity contribution in [3.8, 4) is 0 Å². The van der Waals surface area contributed by atoms with Gasteiger partial charge < -0.3 is 4.74 Å². The van der Waals surface area contributed by atoms with Crippen LogP contribution in [-0.4, -0.2) is 48.1 Å². The van der Waals surface area contributed by atoms with E-state index < -0.39 is 0 Å². The van der Waals surface area contributed by atoms with Crippen molar-refractivity contribution in [3.05, 3.63) is 11.1 Å². The first-order chi connectivity index (χ1) is 10.7. The number of rotatable bonds is 4. The topological polar surface area (TPSA) is 45.7 Å². The summed E-state index contributed by atoms with van der Waals surface area (Å²) in [7, 11) is 0. The molecule has 22 heavy (non-hydrogen) atoms. The fourth-order valence-electron chi connectivity index (χ4n) is 3.72. The summed E-state index contributed by atoms with van der Waals surface area (Å²) in [6.45, 7) is 6.64. The molecule has 2 aliphatic heterocycles. The van der Waals surface area contributed by atoms with Crippen LogP contribution >= 0.6 is 11.3 Å². The first-order valence-electron chi connectivity index (χ1n) is 8.20.